The third kappa shape index (κ3) is 3.02. The minimum absolute atomic E-state index is 0.145. The van der Waals surface area contributed by atoms with Gasteiger partial charge in [0.25, 0.3) is 5.56 Å². The van der Waals surface area contributed by atoms with Crippen LogP contribution in [0.25, 0.3) is 0 Å². The maximum atomic E-state index is 11.6. The molecule has 100 valence electrons. The standard InChI is InChI=1S/C9H13N2O5PS/c12-5-3-8(16-6(5)4-15-18-17)11-2-1-7(13)10-9(11)14/h1-2,5-6,8,12H,3-4,17H2,(H,10,13,14)/t5-,6+,8+/m0/s1/i17T/t5-,6+,8+,17?. The Morgan fingerprint density at radius 2 is 2.61 bits per heavy atom. The fourth-order valence-corrected chi connectivity index (χ4v) is 2.20. The fourth-order valence-electron chi connectivity index (χ4n) is 1.79. The van der Waals surface area contributed by atoms with E-state index >= 15 is 0 Å². The predicted molar refractivity (Wildman–Crippen MR) is 69.1 cm³/mol. The summed E-state index contributed by atoms with van der Waals surface area (Å²) in [6.07, 6.45) is -0.349. The second-order valence-corrected chi connectivity index (χ2v) is 4.72. The number of aromatic nitrogens is 2. The van der Waals surface area contributed by atoms with Crippen molar-refractivity contribution in [3.8, 4) is 0 Å². The van der Waals surface area contributed by atoms with Crippen LogP contribution in [0.3, 0.4) is 0 Å². The highest BCUT2D eigenvalue weighted by molar-refractivity contribution is 8.40. The Kier molecular flexibility index (Phi) is 4.12. The van der Waals surface area contributed by atoms with Crippen molar-refractivity contribution in [2.45, 2.75) is 24.9 Å². The van der Waals surface area contributed by atoms with E-state index in [1.807, 2.05) is 0 Å². The van der Waals surface area contributed by atoms with E-state index in [9.17, 15) is 14.7 Å². The van der Waals surface area contributed by atoms with Crippen molar-refractivity contribution in [3.63, 3.8) is 0 Å². The van der Waals surface area contributed by atoms with E-state index < -0.39 is 29.7 Å². The molecule has 1 fully saturated rings. The lowest BCUT2D eigenvalue weighted by atomic mass is 10.2. The number of nitrogens with zero attached hydrogens (tertiary/aromatic N) is 1. The van der Waals surface area contributed by atoms with Gasteiger partial charge >= 0.3 is 5.69 Å². The average molecular weight is 294 g/mol. The summed E-state index contributed by atoms with van der Waals surface area (Å²) in [7, 11) is -0.152. The number of ether oxygens (including phenoxy) is 1. The van der Waals surface area contributed by atoms with Gasteiger partial charge in [-0.15, -0.1) is 0 Å². The van der Waals surface area contributed by atoms with Gasteiger partial charge in [0.1, 0.15) is 12.3 Å². The Morgan fingerprint density at radius 3 is 3.33 bits per heavy atom. The van der Waals surface area contributed by atoms with Crippen LogP contribution in [-0.4, -0.2) is 34.8 Å². The summed E-state index contributed by atoms with van der Waals surface area (Å²) in [6.45, 7) is 0.145. The van der Waals surface area contributed by atoms with Crippen molar-refractivity contribution in [2.24, 2.45) is 0 Å². The zero-order valence-electron chi connectivity index (χ0n) is 10.2. The van der Waals surface area contributed by atoms with Gasteiger partial charge < -0.3 is 14.0 Å². The van der Waals surface area contributed by atoms with Gasteiger partial charge in [-0.3, -0.25) is 14.3 Å². The molecule has 1 aliphatic rings. The quantitative estimate of drug-likeness (QED) is 0.437. The Balaban J connectivity index is 2.03. The summed E-state index contributed by atoms with van der Waals surface area (Å²) < 4.78 is 18.8. The minimum Gasteiger partial charge on any atom is -0.390 e. The molecule has 1 aromatic rings. The highest BCUT2D eigenvalue weighted by Gasteiger charge is 2.35. The topological polar surface area (TPSA) is 93.5 Å². The first kappa shape index (κ1) is 12.4. The normalized spacial score (nSPS) is 28.9. The molecule has 1 aliphatic heterocycles. The van der Waals surface area contributed by atoms with Gasteiger partial charge in [-0.2, -0.15) is 0 Å². The smallest absolute Gasteiger partial charge is 0.330 e. The summed E-state index contributed by atoms with van der Waals surface area (Å²) in [5.41, 5.74) is -1.05. The van der Waals surface area contributed by atoms with Gasteiger partial charge in [0, 0.05) is 30.3 Å². The molecule has 0 bridgehead atoms. The number of H-pyrrole nitrogens is 1. The van der Waals surface area contributed by atoms with Crippen molar-refractivity contribution in [3.05, 3.63) is 33.1 Å². The number of hydrogen-bond donors (Lipinski definition) is 2. The zero-order chi connectivity index (χ0) is 13.8. The number of nitrogens with one attached hydrogen (secondary N) is 1. The van der Waals surface area contributed by atoms with E-state index in [0.717, 1.165) is 11.7 Å². The fraction of sp³-hybridized carbons (Fsp3) is 0.556. The summed E-state index contributed by atoms with van der Waals surface area (Å²) in [5.74, 6) is 0. The molecule has 4 atom stereocenters. The van der Waals surface area contributed by atoms with E-state index in [1.54, 1.807) is 0 Å². The van der Waals surface area contributed by atoms with Crippen molar-refractivity contribution < 1.29 is 14.0 Å². The number of aliphatic hydroxyl groups is 1. The summed E-state index contributed by atoms with van der Waals surface area (Å²) in [6, 6.07) is 1.22. The largest absolute Gasteiger partial charge is 0.390 e. The first-order valence-electron chi connectivity index (χ1n) is 5.72. The number of rotatable bonds is 5. The monoisotopic (exact) mass is 294 g/mol. The van der Waals surface area contributed by atoms with Crippen LogP contribution < -0.4 is 11.2 Å². The highest BCUT2D eigenvalue weighted by atomic mass is 32.7. The molecule has 0 aliphatic carbocycles. The van der Waals surface area contributed by atoms with E-state index in [-0.39, 0.29) is 21.4 Å². The second-order valence-electron chi connectivity index (χ2n) is 3.82. The molecule has 1 unspecified atom stereocenters. The minimum atomic E-state index is -0.751. The lowest BCUT2D eigenvalue weighted by Gasteiger charge is -2.14. The zero-order valence-corrected chi connectivity index (χ0v) is 11.1. The summed E-state index contributed by atoms with van der Waals surface area (Å²) >= 11 is 0.986. The van der Waals surface area contributed by atoms with Crippen molar-refractivity contribution in [2.75, 3.05) is 6.61 Å². The lowest BCUT2D eigenvalue weighted by molar-refractivity contribution is -0.0377. The summed E-state index contributed by atoms with van der Waals surface area (Å²) in [4.78, 5) is 24.7. The molecule has 2 rings (SSSR count). The first-order chi connectivity index (χ1) is 9.11. The third-order valence-corrected chi connectivity index (χ3v) is 3.26. The van der Waals surface area contributed by atoms with E-state index in [0.29, 0.717) is 0 Å². The van der Waals surface area contributed by atoms with E-state index in [4.69, 9.17) is 10.2 Å². The van der Waals surface area contributed by atoms with Gasteiger partial charge in [0.15, 0.2) is 0 Å². The SMILES string of the molecule is [3H]PSOC[C@H]1O[C@@H](n2ccc(=O)[nH]c2=O)C[C@@H]1O. The number of hydrogen-bond acceptors (Lipinski definition) is 6. The molecule has 0 amide bonds. The number of aromatic amines is 1. The molecule has 2 heterocycles. The van der Waals surface area contributed by atoms with Crippen LogP contribution in [0.1, 0.15) is 12.6 Å². The predicted octanol–water partition coefficient (Wildman–Crippen LogP) is -0.360. The van der Waals surface area contributed by atoms with Crippen LogP contribution in [0.5, 0.6) is 0 Å². The lowest BCUT2D eigenvalue weighted by Crippen LogP contribution is -2.31. The molecule has 9 heteroatoms. The molecule has 2 N–H and O–H groups in total. The van der Waals surface area contributed by atoms with Crippen molar-refractivity contribution in [1.29, 1.82) is 1.28 Å². The van der Waals surface area contributed by atoms with Crippen molar-refractivity contribution in [1.82, 2.24) is 9.55 Å². The van der Waals surface area contributed by atoms with E-state index in [2.05, 4.69) is 4.98 Å². The highest BCUT2D eigenvalue weighted by Crippen LogP contribution is 2.28. The molecule has 0 aromatic carbocycles. The van der Waals surface area contributed by atoms with Gasteiger partial charge in [-0.25, -0.2) is 4.79 Å². The molecule has 18 heavy (non-hydrogen) atoms. The molecule has 1 saturated heterocycles. The molecule has 7 nitrogen and oxygen atoms in total. The van der Waals surface area contributed by atoms with Gasteiger partial charge in [0.2, 0.25) is 0 Å². The van der Waals surface area contributed by atoms with Crippen LogP contribution in [0, 0.1) is 0 Å². The Labute approximate surface area is 110 Å². The van der Waals surface area contributed by atoms with Crippen LogP contribution in [-0.2, 0) is 8.92 Å². The van der Waals surface area contributed by atoms with E-state index in [1.165, 1.54) is 16.8 Å². The first-order valence-corrected chi connectivity index (χ1v) is 7.18. The Bertz CT molecular complexity index is 538. The molecule has 0 radical (unpaired) electrons. The van der Waals surface area contributed by atoms with Gasteiger partial charge in [0.05, 0.1) is 14.0 Å². The van der Waals surface area contributed by atoms with Gasteiger partial charge in [-0.05, 0) is 8.39 Å². The van der Waals surface area contributed by atoms with Crippen LogP contribution in [0.15, 0.2) is 21.9 Å². The summed E-state index contributed by atoms with van der Waals surface area (Å²) in [5, 5.41) is 9.82. The molecular formula is C9H13N2O5PS. The van der Waals surface area contributed by atoms with Crippen LogP contribution in [0.4, 0.5) is 0 Å². The molecule has 0 saturated carbocycles. The maximum absolute atomic E-state index is 11.6. The number of aliphatic hydroxyl groups excluding tert-OH is 1. The van der Waals surface area contributed by atoms with Gasteiger partial charge in [-0.1, -0.05) is 0 Å². The average Bonchev–Trinajstić information content (AvgIpc) is 2.71. The third-order valence-electron chi connectivity index (χ3n) is 2.66. The molecular weight excluding hydrogens is 279 g/mol. The van der Waals surface area contributed by atoms with Crippen molar-refractivity contribution >= 4 is 20.0 Å². The maximum Gasteiger partial charge on any atom is 0.330 e. The molecule has 0 spiro atoms. The van der Waals surface area contributed by atoms with Crippen LogP contribution in [0.2, 0.25) is 0 Å². The Morgan fingerprint density at radius 1 is 1.78 bits per heavy atom. The Hall–Kier alpha value is -0.660. The second kappa shape index (κ2) is 5.99. The molecule has 1 aromatic heterocycles. The van der Waals surface area contributed by atoms with Crippen LogP contribution >= 0.6 is 20.0 Å².